The van der Waals surface area contributed by atoms with Gasteiger partial charge in [-0.1, -0.05) is 34.1 Å². The number of nitrogens with zero attached hydrogens (tertiary/aromatic N) is 1. The lowest BCUT2D eigenvalue weighted by atomic mass is 10.2. The summed E-state index contributed by atoms with van der Waals surface area (Å²) in [5, 5.41) is 0. The lowest BCUT2D eigenvalue weighted by molar-refractivity contribution is 1.22. The molecule has 0 amide bonds. The van der Waals surface area contributed by atoms with Gasteiger partial charge in [-0.05, 0) is 6.07 Å². The van der Waals surface area contributed by atoms with E-state index < -0.39 is 0 Å². The SMILES string of the molecule is ClCc1cnc(-c2ccccc2Br)[nH]1. The van der Waals surface area contributed by atoms with Crippen LogP contribution in [0.25, 0.3) is 11.4 Å². The highest BCUT2D eigenvalue weighted by atomic mass is 79.9. The molecule has 0 aliphatic heterocycles. The van der Waals surface area contributed by atoms with Crippen LogP contribution in [0.1, 0.15) is 5.69 Å². The molecule has 0 unspecified atom stereocenters. The van der Waals surface area contributed by atoms with Crippen LogP contribution >= 0.6 is 27.5 Å². The third kappa shape index (κ3) is 1.83. The Balaban J connectivity index is 2.44. The molecule has 0 saturated carbocycles. The van der Waals surface area contributed by atoms with Gasteiger partial charge in [0.2, 0.25) is 0 Å². The van der Waals surface area contributed by atoms with Crippen molar-refractivity contribution in [1.82, 2.24) is 9.97 Å². The van der Waals surface area contributed by atoms with Crippen molar-refractivity contribution < 1.29 is 0 Å². The summed E-state index contributed by atoms with van der Waals surface area (Å²) in [6.45, 7) is 0. The highest BCUT2D eigenvalue weighted by Gasteiger charge is 2.05. The second kappa shape index (κ2) is 4.15. The molecule has 14 heavy (non-hydrogen) atoms. The lowest BCUT2D eigenvalue weighted by Crippen LogP contribution is -1.82. The fraction of sp³-hybridized carbons (Fsp3) is 0.100. The highest BCUT2D eigenvalue weighted by molar-refractivity contribution is 9.10. The van der Waals surface area contributed by atoms with Crippen molar-refractivity contribution in [3.63, 3.8) is 0 Å². The summed E-state index contributed by atoms with van der Waals surface area (Å²) < 4.78 is 1.02. The molecule has 0 fully saturated rings. The minimum atomic E-state index is 0.456. The third-order valence-electron chi connectivity index (χ3n) is 1.90. The quantitative estimate of drug-likeness (QED) is 0.831. The number of hydrogen-bond acceptors (Lipinski definition) is 1. The number of imidazole rings is 1. The van der Waals surface area contributed by atoms with E-state index in [1.54, 1.807) is 6.20 Å². The molecule has 0 aliphatic carbocycles. The fourth-order valence-electron chi connectivity index (χ4n) is 1.22. The zero-order valence-corrected chi connectivity index (χ0v) is 9.64. The summed E-state index contributed by atoms with van der Waals surface area (Å²) in [4.78, 5) is 7.40. The van der Waals surface area contributed by atoms with Gasteiger partial charge in [-0.2, -0.15) is 0 Å². The van der Waals surface area contributed by atoms with Crippen molar-refractivity contribution in [2.24, 2.45) is 0 Å². The van der Waals surface area contributed by atoms with Gasteiger partial charge in [0, 0.05) is 21.9 Å². The molecule has 2 aromatic rings. The summed E-state index contributed by atoms with van der Waals surface area (Å²) >= 11 is 9.16. The van der Waals surface area contributed by atoms with Gasteiger partial charge in [-0.15, -0.1) is 11.6 Å². The Morgan fingerprint density at radius 1 is 1.36 bits per heavy atom. The number of nitrogens with one attached hydrogen (secondary N) is 1. The van der Waals surface area contributed by atoms with Crippen LogP contribution in [0.5, 0.6) is 0 Å². The Hall–Kier alpha value is -0.800. The molecule has 0 spiro atoms. The molecule has 1 aromatic heterocycles. The third-order valence-corrected chi connectivity index (χ3v) is 2.88. The number of aromatic nitrogens is 2. The van der Waals surface area contributed by atoms with Crippen molar-refractivity contribution in [2.45, 2.75) is 5.88 Å². The van der Waals surface area contributed by atoms with Gasteiger partial charge < -0.3 is 4.98 Å². The van der Waals surface area contributed by atoms with Crippen molar-refractivity contribution in [3.05, 3.63) is 40.6 Å². The molecule has 0 saturated heterocycles. The van der Waals surface area contributed by atoms with E-state index in [2.05, 4.69) is 25.9 Å². The molecular weight excluding hydrogens is 263 g/mol. The topological polar surface area (TPSA) is 28.7 Å². The summed E-state index contributed by atoms with van der Waals surface area (Å²) in [5.41, 5.74) is 1.97. The number of H-pyrrole nitrogens is 1. The minimum absolute atomic E-state index is 0.456. The standard InChI is InChI=1S/C10H8BrClN2/c11-9-4-2-1-3-8(9)10-13-6-7(5-12)14-10/h1-4,6H,5H2,(H,13,14). The molecule has 2 rings (SSSR count). The van der Waals surface area contributed by atoms with E-state index in [4.69, 9.17) is 11.6 Å². The van der Waals surface area contributed by atoms with Gasteiger partial charge in [-0.3, -0.25) is 0 Å². The van der Waals surface area contributed by atoms with Gasteiger partial charge in [0.25, 0.3) is 0 Å². The zero-order chi connectivity index (χ0) is 9.97. The number of rotatable bonds is 2. The molecule has 0 aliphatic rings. The first-order valence-electron chi connectivity index (χ1n) is 4.16. The van der Waals surface area contributed by atoms with Crippen molar-refractivity contribution >= 4 is 27.5 Å². The van der Waals surface area contributed by atoms with E-state index in [1.807, 2.05) is 24.3 Å². The molecule has 72 valence electrons. The molecule has 4 heteroatoms. The Morgan fingerprint density at radius 3 is 2.79 bits per heavy atom. The Kier molecular flexibility index (Phi) is 2.89. The lowest BCUT2D eigenvalue weighted by Gasteiger charge is -1.99. The summed E-state index contributed by atoms with van der Waals surface area (Å²) in [7, 11) is 0. The van der Waals surface area contributed by atoms with Crippen LogP contribution in [-0.2, 0) is 5.88 Å². The first-order chi connectivity index (χ1) is 6.81. The molecule has 1 aromatic carbocycles. The van der Waals surface area contributed by atoms with Crippen LogP contribution in [0.2, 0.25) is 0 Å². The number of aromatic amines is 1. The van der Waals surface area contributed by atoms with Crippen LogP contribution in [0.3, 0.4) is 0 Å². The van der Waals surface area contributed by atoms with Crippen molar-refractivity contribution in [3.8, 4) is 11.4 Å². The zero-order valence-electron chi connectivity index (χ0n) is 7.30. The fourth-order valence-corrected chi connectivity index (χ4v) is 1.83. The minimum Gasteiger partial charge on any atom is -0.341 e. The number of alkyl halides is 1. The van der Waals surface area contributed by atoms with Crippen LogP contribution in [0.15, 0.2) is 34.9 Å². The normalized spacial score (nSPS) is 10.4. The van der Waals surface area contributed by atoms with Gasteiger partial charge in [0.1, 0.15) is 5.82 Å². The Labute approximate surface area is 95.5 Å². The van der Waals surface area contributed by atoms with Crippen LogP contribution in [0.4, 0.5) is 0 Å². The number of hydrogen-bond donors (Lipinski definition) is 1. The van der Waals surface area contributed by atoms with Crippen molar-refractivity contribution in [2.75, 3.05) is 0 Å². The molecule has 1 heterocycles. The van der Waals surface area contributed by atoms with E-state index >= 15 is 0 Å². The van der Waals surface area contributed by atoms with Crippen LogP contribution in [0, 0.1) is 0 Å². The van der Waals surface area contributed by atoms with Gasteiger partial charge >= 0.3 is 0 Å². The maximum absolute atomic E-state index is 5.68. The van der Waals surface area contributed by atoms with E-state index in [0.29, 0.717) is 5.88 Å². The maximum Gasteiger partial charge on any atom is 0.138 e. The monoisotopic (exact) mass is 270 g/mol. The number of halogens is 2. The smallest absolute Gasteiger partial charge is 0.138 e. The average Bonchev–Trinajstić information content (AvgIpc) is 2.67. The highest BCUT2D eigenvalue weighted by Crippen LogP contribution is 2.25. The van der Waals surface area contributed by atoms with E-state index in [-0.39, 0.29) is 0 Å². The molecular formula is C10H8BrClN2. The van der Waals surface area contributed by atoms with Gasteiger partial charge in [-0.25, -0.2) is 4.98 Å². The summed E-state index contributed by atoms with van der Waals surface area (Å²) in [6, 6.07) is 7.93. The van der Waals surface area contributed by atoms with Crippen LogP contribution < -0.4 is 0 Å². The van der Waals surface area contributed by atoms with Crippen molar-refractivity contribution in [1.29, 1.82) is 0 Å². The molecule has 1 N–H and O–H groups in total. The molecule has 0 atom stereocenters. The second-order valence-electron chi connectivity index (χ2n) is 2.87. The molecule has 0 radical (unpaired) electrons. The van der Waals surface area contributed by atoms with Gasteiger partial charge in [0.15, 0.2) is 0 Å². The van der Waals surface area contributed by atoms with Gasteiger partial charge in [0.05, 0.1) is 5.88 Å². The predicted octanol–water partition coefficient (Wildman–Crippen LogP) is 3.58. The first-order valence-corrected chi connectivity index (χ1v) is 5.49. The summed E-state index contributed by atoms with van der Waals surface area (Å²) in [6.07, 6.45) is 1.75. The first kappa shape index (κ1) is 9.74. The van der Waals surface area contributed by atoms with E-state index in [0.717, 1.165) is 21.6 Å². The maximum atomic E-state index is 5.68. The largest absolute Gasteiger partial charge is 0.341 e. The molecule has 0 bridgehead atoms. The molecule has 2 nitrogen and oxygen atoms in total. The Morgan fingerprint density at radius 2 is 2.14 bits per heavy atom. The van der Waals surface area contributed by atoms with Crippen LogP contribution in [-0.4, -0.2) is 9.97 Å². The second-order valence-corrected chi connectivity index (χ2v) is 3.99. The van der Waals surface area contributed by atoms with E-state index in [9.17, 15) is 0 Å². The number of benzene rings is 1. The Bertz CT molecular complexity index is 439. The van der Waals surface area contributed by atoms with E-state index in [1.165, 1.54) is 0 Å². The predicted molar refractivity (Wildman–Crippen MR) is 61.3 cm³/mol. The average molecular weight is 272 g/mol. The summed E-state index contributed by atoms with van der Waals surface area (Å²) in [5.74, 6) is 1.30.